The summed E-state index contributed by atoms with van der Waals surface area (Å²) in [4.78, 5) is 0. The van der Waals surface area contributed by atoms with Crippen LogP contribution in [-0.2, 0) is 4.74 Å². The smallest absolute Gasteiger partial charge is 0.0934 e. The lowest BCUT2D eigenvalue weighted by atomic mass is 10.2. The van der Waals surface area contributed by atoms with Crippen molar-refractivity contribution in [2.75, 3.05) is 13.2 Å². The van der Waals surface area contributed by atoms with Gasteiger partial charge in [0.15, 0.2) is 0 Å². The van der Waals surface area contributed by atoms with E-state index in [4.69, 9.17) is 4.74 Å². The van der Waals surface area contributed by atoms with Crippen LogP contribution in [0.4, 0.5) is 0 Å². The van der Waals surface area contributed by atoms with E-state index in [1.54, 1.807) is 0 Å². The molecule has 0 spiro atoms. The van der Waals surface area contributed by atoms with Gasteiger partial charge in [0.1, 0.15) is 0 Å². The Morgan fingerprint density at radius 1 is 1.89 bits per heavy atom. The van der Waals surface area contributed by atoms with Crippen LogP contribution >= 0.6 is 0 Å². The van der Waals surface area contributed by atoms with Gasteiger partial charge in [-0.2, -0.15) is 0 Å². The normalized spacial score (nSPS) is 28.0. The van der Waals surface area contributed by atoms with E-state index in [0.29, 0.717) is 12.1 Å². The maximum atomic E-state index is 5.04. The lowest BCUT2D eigenvalue weighted by molar-refractivity contribution is 0.384. The van der Waals surface area contributed by atoms with Crippen LogP contribution in [-0.4, -0.2) is 25.3 Å². The molecule has 1 heterocycles. The molecule has 1 rings (SSSR count). The van der Waals surface area contributed by atoms with E-state index in [1.165, 1.54) is 6.42 Å². The van der Waals surface area contributed by atoms with Crippen molar-refractivity contribution in [1.29, 1.82) is 0 Å². The lowest BCUT2D eigenvalue weighted by Gasteiger charge is -2.08. The first-order valence-electron chi connectivity index (χ1n) is 3.68. The number of ether oxygens (including phenoxy) is 1. The van der Waals surface area contributed by atoms with E-state index in [-0.39, 0.29) is 1.43 Å². The minimum absolute atomic E-state index is 0. The quantitative estimate of drug-likeness (QED) is 0.576. The Hall–Kier alpha value is -0.0800. The molecule has 2 heteroatoms. The molecular formula is C7H17NO. The molecule has 0 saturated carbocycles. The predicted molar refractivity (Wildman–Crippen MR) is 39.6 cm³/mol. The Balaban J connectivity index is 0.000000810. The highest BCUT2D eigenvalue weighted by Gasteiger charge is 2.21. The Morgan fingerprint density at radius 3 is 3.00 bits per heavy atom. The maximum Gasteiger partial charge on any atom is 0.0934 e. The van der Waals surface area contributed by atoms with Gasteiger partial charge in [-0.25, -0.2) is 0 Å². The number of epoxide rings is 1. The average molecular weight is 131 g/mol. The molecule has 0 radical (unpaired) electrons. The van der Waals surface area contributed by atoms with Gasteiger partial charge in [0.05, 0.1) is 12.7 Å². The van der Waals surface area contributed by atoms with E-state index in [1.807, 2.05) is 0 Å². The molecule has 0 bridgehead atoms. The third kappa shape index (κ3) is 2.82. The molecule has 1 aliphatic heterocycles. The molecule has 9 heavy (non-hydrogen) atoms. The zero-order chi connectivity index (χ0) is 6.69. The fourth-order valence-electron chi connectivity index (χ4n) is 0.663. The Morgan fingerprint density at radius 2 is 2.56 bits per heavy atom. The number of rotatable bonds is 4. The minimum atomic E-state index is 0. The second-order valence-corrected chi connectivity index (χ2v) is 2.67. The molecule has 0 aliphatic carbocycles. The van der Waals surface area contributed by atoms with Crippen molar-refractivity contribution in [2.24, 2.45) is 0 Å². The van der Waals surface area contributed by atoms with Crippen molar-refractivity contribution in [2.45, 2.75) is 32.4 Å². The summed E-state index contributed by atoms with van der Waals surface area (Å²) in [5.41, 5.74) is 0. The third-order valence-corrected chi connectivity index (χ3v) is 1.71. The van der Waals surface area contributed by atoms with Crippen LogP contribution < -0.4 is 5.32 Å². The molecule has 2 atom stereocenters. The Bertz CT molecular complexity index is 85.7. The summed E-state index contributed by atoms with van der Waals surface area (Å²) in [6.45, 7) is 6.38. The summed E-state index contributed by atoms with van der Waals surface area (Å²) >= 11 is 0. The molecule has 1 saturated heterocycles. The fourth-order valence-corrected chi connectivity index (χ4v) is 0.663. The third-order valence-electron chi connectivity index (χ3n) is 1.71. The van der Waals surface area contributed by atoms with Crippen molar-refractivity contribution in [3.63, 3.8) is 0 Å². The van der Waals surface area contributed by atoms with Crippen LogP contribution in [0.3, 0.4) is 0 Å². The highest BCUT2D eigenvalue weighted by atomic mass is 16.6. The summed E-state index contributed by atoms with van der Waals surface area (Å²) in [6.07, 6.45) is 1.73. The Kier molecular flexibility index (Phi) is 2.49. The molecule has 1 aliphatic rings. The molecule has 56 valence electrons. The van der Waals surface area contributed by atoms with Gasteiger partial charge in [-0.05, 0) is 13.3 Å². The van der Waals surface area contributed by atoms with E-state index in [0.717, 1.165) is 13.2 Å². The summed E-state index contributed by atoms with van der Waals surface area (Å²) in [7, 11) is 0. The van der Waals surface area contributed by atoms with Crippen molar-refractivity contribution < 1.29 is 6.16 Å². The number of hydrogen-bond donors (Lipinski definition) is 1. The maximum absolute atomic E-state index is 5.04. The van der Waals surface area contributed by atoms with Crippen LogP contribution in [0.15, 0.2) is 0 Å². The second-order valence-electron chi connectivity index (χ2n) is 2.67. The predicted octanol–water partition coefficient (Wildman–Crippen LogP) is 1.02. The molecule has 1 fully saturated rings. The monoisotopic (exact) mass is 131 g/mol. The molecule has 0 aromatic rings. The van der Waals surface area contributed by atoms with Gasteiger partial charge >= 0.3 is 0 Å². The van der Waals surface area contributed by atoms with Crippen LogP contribution in [0.25, 0.3) is 0 Å². The van der Waals surface area contributed by atoms with Crippen molar-refractivity contribution >= 4 is 0 Å². The molecule has 1 N–H and O–H groups in total. The lowest BCUT2D eigenvalue weighted by Crippen LogP contribution is -2.28. The summed E-state index contributed by atoms with van der Waals surface area (Å²) in [6, 6.07) is 0.647. The number of nitrogens with one attached hydrogen (secondary N) is 1. The van der Waals surface area contributed by atoms with Gasteiger partial charge in [-0.3, -0.25) is 0 Å². The molecule has 0 amide bonds. The van der Waals surface area contributed by atoms with E-state index < -0.39 is 0 Å². The van der Waals surface area contributed by atoms with E-state index in [2.05, 4.69) is 19.2 Å². The van der Waals surface area contributed by atoms with Crippen LogP contribution in [0, 0.1) is 0 Å². The highest BCUT2D eigenvalue weighted by molar-refractivity contribution is 4.73. The van der Waals surface area contributed by atoms with Gasteiger partial charge in [0, 0.05) is 14.0 Å². The molecule has 2 unspecified atom stereocenters. The summed E-state index contributed by atoms with van der Waals surface area (Å²) in [5, 5.41) is 3.37. The Labute approximate surface area is 58.1 Å². The van der Waals surface area contributed by atoms with Crippen molar-refractivity contribution in [3.05, 3.63) is 0 Å². The van der Waals surface area contributed by atoms with Crippen LogP contribution in [0.2, 0.25) is 0 Å². The van der Waals surface area contributed by atoms with Crippen LogP contribution in [0.1, 0.15) is 21.7 Å². The molecule has 0 aromatic heterocycles. The van der Waals surface area contributed by atoms with Gasteiger partial charge in [0.2, 0.25) is 0 Å². The highest BCUT2D eigenvalue weighted by Crippen LogP contribution is 2.06. The summed E-state index contributed by atoms with van der Waals surface area (Å²) in [5.74, 6) is 0. The van der Waals surface area contributed by atoms with Gasteiger partial charge < -0.3 is 10.1 Å². The molecular weight excluding hydrogens is 114 g/mol. The van der Waals surface area contributed by atoms with Gasteiger partial charge in [0.25, 0.3) is 0 Å². The van der Waals surface area contributed by atoms with Gasteiger partial charge in [-0.15, -0.1) is 0 Å². The van der Waals surface area contributed by atoms with Crippen molar-refractivity contribution in [3.8, 4) is 0 Å². The van der Waals surface area contributed by atoms with Crippen molar-refractivity contribution in [1.82, 2.24) is 5.32 Å². The first-order valence-corrected chi connectivity index (χ1v) is 3.68. The summed E-state index contributed by atoms with van der Waals surface area (Å²) < 4.78 is 5.04. The molecule has 2 nitrogen and oxygen atoms in total. The first-order chi connectivity index (χ1) is 4.33. The standard InChI is InChI=1S/C7H15NO.H2/c1-3-6(2)8-4-7-5-9-7;/h6-8H,3-5H2,1-2H3;1H. The van der Waals surface area contributed by atoms with E-state index in [9.17, 15) is 0 Å². The zero-order valence-corrected chi connectivity index (χ0v) is 6.18. The second kappa shape index (κ2) is 3.18. The van der Waals surface area contributed by atoms with Crippen LogP contribution in [0.5, 0.6) is 0 Å². The minimum Gasteiger partial charge on any atom is -0.372 e. The number of hydrogen-bond acceptors (Lipinski definition) is 2. The average Bonchev–Trinajstić information content (AvgIpc) is 2.65. The molecule has 0 aromatic carbocycles. The zero-order valence-electron chi connectivity index (χ0n) is 6.18. The largest absolute Gasteiger partial charge is 0.372 e. The first kappa shape index (κ1) is 7.03. The SMILES string of the molecule is CCC(C)NCC1CO1.[HH]. The van der Waals surface area contributed by atoms with E-state index >= 15 is 0 Å². The topological polar surface area (TPSA) is 24.6 Å². The van der Waals surface area contributed by atoms with Gasteiger partial charge in [-0.1, -0.05) is 6.92 Å². The fraction of sp³-hybridized carbons (Fsp3) is 1.00.